The van der Waals surface area contributed by atoms with Crippen LogP contribution >= 0.6 is 0 Å². The molecule has 2 fully saturated rings. The Bertz CT molecular complexity index is 1290. The summed E-state index contributed by atoms with van der Waals surface area (Å²) < 4.78 is 29.8. The van der Waals surface area contributed by atoms with Crippen LogP contribution in [0.1, 0.15) is 56.8 Å². The summed E-state index contributed by atoms with van der Waals surface area (Å²) in [7, 11) is -3.49. The fourth-order valence-electron chi connectivity index (χ4n) is 5.01. The molecule has 1 aliphatic heterocycles. The average molecular weight is 495 g/mol. The molecular formula is C27H34N4O3S. The van der Waals surface area contributed by atoms with Gasteiger partial charge >= 0.3 is 0 Å². The van der Waals surface area contributed by atoms with Crippen molar-refractivity contribution < 1.29 is 13.2 Å². The van der Waals surface area contributed by atoms with Gasteiger partial charge in [-0.2, -0.15) is 4.31 Å². The first-order chi connectivity index (χ1) is 17.0. The van der Waals surface area contributed by atoms with Gasteiger partial charge in [0, 0.05) is 45.1 Å². The van der Waals surface area contributed by atoms with Crippen LogP contribution in [0.15, 0.2) is 53.4 Å². The number of carbonyl (C=O) groups is 1. The van der Waals surface area contributed by atoms with Crippen molar-refractivity contribution >= 4 is 27.0 Å². The van der Waals surface area contributed by atoms with Gasteiger partial charge < -0.3 is 9.47 Å². The zero-order valence-corrected chi connectivity index (χ0v) is 21.2. The summed E-state index contributed by atoms with van der Waals surface area (Å²) in [5.74, 6) is 1.00. The molecule has 1 amide bonds. The molecule has 0 atom stereocenters. The van der Waals surface area contributed by atoms with Crippen LogP contribution in [-0.2, 0) is 34.3 Å². The molecule has 7 nitrogen and oxygen atoms in total. The molecule has 1 saturated heterocycles. The Morgan fingerprint density at radius 1 is 1.09 bits per heavy atom. The van der Waals surface area contributed by atoms with Crippen LogP contribution in [0.5, 0.6) is 0 Å². The summed E-state index contributed by atoms with van der Waals surface area (Å²) in [6, 6.07) is 15.8. The molecular weight excluding hydrogens is 460 g/mol. The lowest BCUT2D eigenvalue weighted by molar-refractivity contribution is -0.132. The fourth-order valence-corrected chi connectivity index (χ4v) is 6.55. The number of fused-ring (bicyclic) bond motifs is 1. The van der Waals surface area contributed by atoms with Crippen LogP contribution in [-0.4, -0.2) is 52.2 Å². The predicted molar refractivity (Wildman–Crippen MR) is 136 cm³/mol. The van der Waals surface area contributed by atoms with E-state index >= 15 is 0 Å². The molecule has 1 saturated carbocycles. The minimum absolute atomic E-state index is 0.156. The van der Waals surface area contributed by atoms with Crippen LogP contribution in [0.2, 0.25) is 0 Å². The number of aryl methyl sites for hydroxylation is 2. The molecule has 186 valence electrons. The summed E-state index contributed by atoms with van der Waals surface area (Å²) in [6.07, 6.45) is 5.83. The Balaban J connectivity index is 1.36. The number of hydrogen-bond donors (Lipinski definition) is 0. The summed E-state index contributed by atoms with van der Waals surface area (Å²) in [5, 5.41) is 0. The van der Waals surface area contributed by atoms with Crippen LogP contribution in [0.3, 0.4) is 0 Å². The standard InChI is InChI=1S/C27H34N4O3S/c1-2-16-30-25-13-12-23(35(33,34)29-17-6-7-18-29)19-24(25)28-26(30)14-15-27(32)31(22-10-11-22)20-21-8-4-3-5-9-21/h3-5,8-9,12-13,19,22H,2,6-7,10-11,14-18,20H2,1H3. The minimum Gasteiger partial charge on any atom is -0.335 e. The normalized spacial score (nSPS) is 16.7. The van der Waals surface area contributed by atoms with Gasteiger partial charge in [-0.15, -0.1) is 0 Å². The molecule has 0 bridgehead atoms. The minimum atomic E-state index is -3.49. The van der Waals surface area contributed by atoms with E-state index < -0.39 is 10.0 Å². The van der Waals surface area contributed by atoms with Gasteiger partial charge in [0.1, 0.15) is 5.82 Å². The number of carbonyl (C=O) groups excluding carboxylic acids is 1. The van der Waals surface area contributed by atoms with E-state index in [0.717, 1.165) is 55.6 Å². The second kappa shape index (κ2) is 10.1. The largest absolute Gasteiger partial charge is 0.335 e. The third kappa shape index (κ3) is 5.14. The van der Waals surface area contributed by atoms with Gasteiger partial charge in [-0.1, -0.05) is 37.3 Å². The lowest BCUT2D eigenvalue weighted by Crippen LogP contribution is -2.32. The number of benzene rings is 2. The summed E-state index contributed by atoms with van der Waals surface area (Å²) in [6.45, 7) is 4.71. The molecule has 0 unspecified atom stereocenters. The number of amides is 1. The van der Waals surface area contributed by atoms with Crippen molar-refractivity contribution in [2.45, 2.75) is 75.9 Å². The number of rotatable bonds is 10. The molecule has 35 heavy (non-hydrogen) atoms. The Morgan fingerprint density at radius 3 is 2.51 bits per heavy atom. The Labute approximate surface area is 207 Å². The number of nitrogens with zero attached hydrogens (tertiary/aromatic N) is 4. The highest BCUT2D eigenvalue weighted by Gasteiger charge is 2.32. The maximum atomic E-state index is 13.2. The Hall–Kier alpha value is -2.71. The maximum Gasteiger partial charge on any atom is 0.243 e. The lowest BCUT2D eigenvalue weighted by atomic mass is 10.2. The van der Waals surface area contributed by atoms with Crippen molar-refractivity contribution in [1.82, 2.24) is 18.8 Å². The second-order valence-corrected chi connectivity index (χ2v) is 11.6. The van der Waals surface area contributed by atoms with E-state index in [0.29, 0.717) is 48.9 Å². The van der Waals surface area contributed by atoms with Crippen molar-refractivity contribution in [2.24, 2.45) is 0 Å². The highest BCUT2D eigenvalue weighted by atomic mass is 32.2. The van der Waals surface area contributed by atoms with E-state index in [1.54, 1.807) is 16.4 Å². The fraction of sp³-hybridized carbons (Fsp3) is 0.481. The highest BCUT2D eigenvalue weighted by molar-refractivity contribution is 7.89. The van der Waals surface area contributed by atoms with Gasteiger partial charge in [-0.25, -0.2) is 13.4 Å². The van der Waals surface area contributed by atoms with Crippen molar-refractivity contribution in [3.63, 3.8) is 0 Å². The van der Waals surface area contributed by atoms with E-state index in [1.165, 1.54) is 0 Å². The van der Waals surface area contributed by atoms with Crippen molar-refractivity contribution in [3.05, 3.63) is 59.9 Å². The SMILES string of the molecule is CCCn1c(CCC(=O)N(Cc2ccccc2)C2CC2)nc2cc(S(=O)(=O)N3CCCC3)ccc21. The van der Waals surface area contributed by atoms with Gasteiger partial charge in [0.25, 0.3) is 0 Å². The first-order valence-corrected chi connectivity index (χ1v) is 14.2. The van der Waals surface area contributed by atoms with Gasteiger partial charge in [0.2, 0.25) is 15.9 Å². The summed E-state index contributed by atoms with van der Waals surface area (Å²) in [4.78, 5) is 20.4. The summed E-state index contributed by atoms with van der Waals surface area (Å²) >= 11 is 0. The number of hydrogen-bond acceptors (Lipinski definition) is 4. The van der Waals surface area contributed by atoms with Crippen molar-refractivity contribution in [1.29, 1.82) is 0 Å². The van der Waals surface area contributed by atoms with Crippen molar-refractivity contribution in [3.8, 4) is 0 Å². The van der Waals surface area contributed by atoms with E-state index in [2.05, 4.69) is 23.6 Å². The lowest BCUT2D eigenvalue weighted by Gasteiger charge is -2.22. The molecule has 2 aromatic carbocycles. The summed E-state index contributed by atoms with van der Waals surface area (Å²) in [5.41, 5.74) is 2.76. The van der Waals surface area contributed by atoms with E-state index in [-0.39, 0.29) is 5.91 Å². The Kier molecular flexibility index (Phi) is 6.93. The Morgan fingerprint density at radius 2 is 1.83 bits per heavy atom. The van der Waals surface area contributed by atoms with E-state index in [4.69, 9.17) is 4.98 Å². The van der Waals surface area contributed by atoms with Gasteiger partial charge in [-0.3, -0.25) is 4.79 Å². The average Bonchev–Trinajstić information content (AvgIpc) is 3.42. The van der Waals surface area contributed by atoms with Gasteiger partial charge in [-0.05, 0) is 55.9 Å². The third-order valence-corrected chi connectivity index (χ3v) is 8.91. The zero-order chi connectivity index (χ0) is 24.4. The molecule has 5 rings (SSSR count). The molecule has 2 aliphatic rings. The number of sulfonamides is 1. The molecule has 0 N–H and O–H groups in total. The number of aromatic nitrogens is 2. The molecule has 0 radical (unpaired) electrons. The van der Waals surface area contributed by atoms with Crippen LogP contribution in [0, 0.1) is 0 Å². The van der Waals surface area contributed by atoms with Crippen LogP contribution < -0.4 is 0 Å². The second-order valence-electron chi connectivity index (χ2n) is 9.68. The van der Waals surface area contributed by atoms with Crippen molar-refractivity contribution in [2.75, 3.05) is 13.1 Å². The number of imidazole rings is 1. The zero-order valence-electron chi connectivity index (χ0n) is 20.4. The van der Waals surface area contributed by atoms with Crippen LogP contribution in [0.4, 0.5) is 0 Å². The smallest absolute Gasteiger partial charge is 0.243 e. The molecule has 2 heterocycles. The molecule has 1 aliphatic carbocycles. The van der Waals surface area contributed by atoms with E-state index in [1.807, 2.05) is 29.2 Å². The molecule has 1 aromatic heterocycles. The van der Waals surface area contributed by atoms with Gasteiger partial charge in [0.15, 0.2) is 0 Å². The topological polar surface area (TPSA) is 75.5 Å². The molecule has 8 heteroatoms. The molecule has 3 aromatic rings. The first kappa shape index (κ1) is 24.0. The van der Waals surface area contributed by atoms with Crippen LogP contribution in [0.25, 0.3) is 11.0 Å². The van der Waals surface area contributed by atoms with Gasteiger partial charge in [0.05, 0.1) is 15.9 Å². The first-order valence-electron chi connectivity index (χ1n) is 12.8. The monoisotopic (exact) mass is 494 g/mol. The third-order valence-electron chi connectivity index (χ3n) is 7.01. The quantitative estimate of drug-likeness (QED) is 0.420. The van der Waals surface area contributed by atoms with E-state index in [9.17, 15) is 13.2 Å². The highest BCUT2D eigenvalue weighted by Crippen LogP contribution is 2.30. The predicted octanol–water partition coefficient (Wildman–Crippen LogP) is 4.35. The maximum absolute atomic E-state index is 13.2. The molecule has 0 spiro atoms.